The number of nitrogens with zero attached hydrogens (tertiary/aromatic N) is 4. The molecule has 1 aromatic carbocycles. The Morgan fingerprint density at radius 2 is 2.08 bits per heavy atom. The molecule has 0 bridgehead atoms. The smallest absolute Gasteiger partial charge is 0.416 e. The predicted octanol–water partition coefficient (Wildman–Crippen LogP) is 2.17. The number of methoxy groups -OCH3 is 1. The van der Waals surface area contributed by atoms with Gasteiger partial charge in [0, 0.05) is 25.3 Å². The minimum atomic E-state index is -4.49. The number of fused-ring (bicyclic) bond motifs is 1. The van der Waals surface area contributed by atoms with Crippen LogP contribution in [0.3, 0.4) is 0 Å². The number of guanidine groups is 1. The van der Waals surface area contributed by atoms with Crippen molar-refractivity contribution in [1.82, 2.24) is 5.01 Å². The SMILES string of the molecule is COCOc1cc(C(F)(F)F)ccc1C1=NN=C(N)N2N=CCC12C. The lowest BCUT2D eigenvalue weighted by Gasteiger charge is -2.36. The summed E-state index contributed by atoms with van der Waals surface area (Å²) in [6.07, 6.45) is -2.36. The maximum Gasteiger partial charge on any atom is 0.416 e. The number of nitrogens with two attached hydrogens (primary N) is 1. The van der Waals surface area contributed by atoms with E-state index in [9.17, 15) is 13.2 Å². The molecular weight excluding hydrogens is 339 g/mol. The largest absolute Gasteiger partial charge is 0.467 e. The molecule has 134 valence electrons. The number of halogens is 3. The Balaban J connectivity index is 2.09. The number of alkyl halides is 3. The van der Waals surface area contributed by atoms with Crippen molar-refractivity contribution < 1.29 is 22.6 Å². The molecule has 25 heavy (non-hydrogen) atoms. The molecular formula is C15H16F3N5O2. The monoisotopic (exact) mass is 355 g/mol. The van der Waals surface area contributed by atoms with E-state index in [0.717, 1.165) is 12.1 Å². The van der Waals surface area contributed by atoms with Crippen molar-refractivity contribution in [2.24, 2.45) is 21.0 Å². The van der Waals surface area contributed by atoms with Crippen LogP contribution in [0.2, 0.25) is 0 Å². The van der Waals surface area contributed by atoms with E-state index in [2.05, 4.69) is 15.3 Å². The van der Waals surface area contributed by atoms with Crippen LogP contribution in [0.15, 0.2) is 33.5 Å². The summed E-state index contributed by atoms with van der Waals surface area (Å²) in [6.45, 7) is 1.63. The molecule has 7 nitrogen and oxygen atoms in total. The van der Waals surface area contributed by atoms with Crippen LogP contribution in [0.4, 0.5) is 13.2 Å². The fraction of sp³-hybridized carbons (Fsp3) is 0.400. The van der Waals surface area contributed by atoms with Gasteiger partial charge in [0.25, 0.3) is 0 Å². The van der Waals surface area contributed by atoms with Crippen molar-refractivity contribution in [3.63, 3.8) is 0 Å². The highest BCUT2D eigenvalue weighted by molar-refractivity contribution is 6.13. The summed E-state index contributed by atoms with van der Waals surface area (Å²) in [7, 11) is 1.38. The summed E-state index contributed by atoms with van der Waals surface area (Å²) < 4.78 is 49.2. The summed E-state index contributed by atoms with van der Waals surface area (Å²) in [5.74, 6) is 0.116. The van der Waals surface area contributed by atoms with E-state index >= 15 is 0 Å². The summed E-state index contributed by atoms with van der Waals surface area (Å²) in [5.41, 5.74) is 5.01. The molecule has 0 radical (unpaired) electrons. The molecule has 3 rings (SSSR count). The van der Waals surface area contributed by atoms with E-state index in [-0.39, 0.29) is 18.5 Å². The van der Waals surface area contributed by atoms with Crippen LogP contribution in [0, 0.1) is 0 Å². The zero-order chi connectivity index (χ0) is 18.2. The van der Waals surface area contributed by atoms with E-state index in [1.807, 2.05) is 6.92 Å². The van der Waals surface area contributed by atoms with Gasteiger partial charge in [-0.25, -0.2) is 5.01 Å². The second kappa shape index (κ2) is 6.03. The van der Waals surface area contributed by atoms with E-state index in [1.54, 1.807) is 6.21 Å². The second-order valence-electron chi connectivity index (χ2n) is 5.75. The molecule has 0 amide bonds. The highest BCUT2D eigenvalue weighted by Gasteiger charge is 2.45. The Bertz CT molecular complexity index is 775. The van der Waals surface area contributed by atoms with Gasteiger partial charge < -0.3 is 15.2 Å². The number of rotatable bonds is 4. The van der Waals surface area contributed by atoms with Crippen molar-refractivity contribution in [3.05, 3.63) is 29.3 Å². The summed E-state index contributed by atoms with van der Waals surface area (Å²) in [6, 6.07) is 3.20. The van der Waals surface area contributed by atoms with Gasteiger partial charge in [0.05, 0.1) is 5.56 Å². The molecule has 1 aromatic rings. The van der Waals surface area contributed by atoms with Gasteiger partial charge in [-0.1, -0.05) is 0 Å². The summed E-state index contributed by atoms with van der Waals surface area (Å²) >= 11 is 0. The molecule has 0 spiro atoms. The highest BCUT2D eigenvalue weighted by Crippen LogP contribution is 2.38. The van der Waals surface area contributed by atoms with Gasteiger partial charge in [0.15, 0.2) is 6.79 Å². The first-order valence-electron chi connectivity index (χ1n) is 7.35. The fourth-order valence-corrected chi connectivity index (χ4v) is 2.75. The third-order valence-corrected chi connectivity index (χ3v) is 4.03. The molecule has 0 aliphatic carbocycles. The number of hydrogen-bond acceptors (Lipinski definition) is 7. The molecule has 1 unspecified atom stereocenters. The maximum absolute atomic E-state index is 13.0. The van der Waals surface area contributed by atoms with Crippen LogP contribution in [-0.2, 0) is 10.9 Å². The summed E-state index contributed by atoms with van der Waals surface area (Å²) in [4.78, 5) is 0. The molecule has 10 heteroatoms. The highest BCUT2D eigenvalue weighted by atomic mass is 19.4. The first kappa shape index (κ1) is 17.2. The van der Waals surface area contributed by atoms with E-state index < -0.39 is 17.3 Å². The molecule has 0 saturated carbocycles. The van der Waals surface area contributed by atoms with Crippen LogP contribution >= 0.6 is 0 Å². The van der Waals surface area contributed by atoms with E-state index in [4.69, 9.17) is 15.2 Å². The van der Waals surface area contributed by atoms with Crippen molar-refractivity contribution in [2.45, 2.75) is 25.1 Å². The lowest BCUT2D eigenvalue weighted by molar-refractivity contribution is -0.137. The van der Waals surface area contributed by atoms with Crippen molar-refractivity contribution in [1.29, 1.82) is 0 Å². The number of ether oxygens (including phenoxy) is 2. The molecule has 2 aliphatic heterocycles. The van der Waals surface area contributed by atoms with Gasteiger partial charge in [0.1, 0.15) is 17.0 Å². The third kappa shape index (κ3) is 2.93. The van der Waals surface area contributed by atoms with Gasteiger partial charge in [-0.2, -0.15) is 18.3 Å². The average molecular weight is 355 g/mol. The first-order valence-corrected chi connectivity index (χ1v) is 7.35. The van der Waals surface area contributed by atoms with E-state index in [1.165, 1.54) is 18.2 Å². The van der Waals surface area contributed by atoms with Crippen LogP contribution in [0.25, 0.3) is 0 Å². The Morgan fingerprint density at radius 3 is 2.76 bits per heavy atom. The lowest BCUT2D eigenvalue weighted by atomic mass is 9.86. The normalized spacial score (nSPS) is 22.5. The van der Waals surface area contributed by atoms with Crippen molar-refractivity contribution in [2.75, 3.05) is 13.9 Å². The number of hydrogen-bond donors (Lipinski definition) is 1. The molecule has 2 N–H and O–H groups in total. The van der Waals surface area contributed by atoms with Crippen molar-refractivity contribution >= 4 is 17.9 Å². The van der Waals surface area contributed by atoms with Gasteiger partial charge in [-0.3, -0.25) is 0 Å². The quantitative estimate of drug-likeness (QED) is 0.839. The van der Waals surface area contributed by atoms with Crippen molar-refractivity contribution in [3.8, 4) is 5.75 Å². The van der Waals surface area contributed by atoms with Gasteiger partial charge in [-0.05, 0) is 25.1 Å². The Morgan fingerprint density at radius 1 is 1.32 bits per heavy atom. The molecule has 0 aromatic heterocycles. The van der Waals surface area contributed by atoms with Crippen LogP contribution in [-0.4, -0.2) is 42.3 Å². The Kier molecular flexibility index (Phi) is 4.15. The second-order valence-corrected chi connectivity index (χ2v) is 5.75. The Labute approximate surface area is 141 Å². The van der Waals surface area contributed by atoms with Crippen LogP contribution in [0.5, 0.6) is 5.75 Å². The molecule has 0 saturated heterocycles. The zero-order valence-corrected chi connectivity index (χ0v) is 13.5. The molecule has 2 aliphatic rings. The molecule has 0 fully saturated rings. The maximum atomic E-state index is 13.0. The van der Waals surface area contributed by atoms with Crippen LogP contribution < -0.4 is 10.5 Å². The predicted molar refractivity (Wildman–Crippen MR) is 85.5 cm³/mol. The van der Waals surface area contributed by atoms with Crippen LogP contribution in [0.1, 0.15) is 24.5 Å². The minimum absolute atomic E-state index is 0.000767. The number of benzene rings is 1. The molecule has 1 atom stereocenters. The zero-order valence-electron chi connectivity index (χ0n) is 13.5. The minimum Gasteiger partial charge on any atom is -0.467 e. The fourth-order valence-electron chi connectivity index (χ4n) is 2.75. The van der Waals surface area contributed by atoms with Gasteiger partial charge in [0.2, 0.25) is 5.96 Å². The standard InChI is InChI=1S/C15H16F3N5O2/c1-14-5-6-20-23(14)13(19)22-21-12(14)10-4-3-9(15(16,17)18)7-11(10)25-8-24-2/h3-4,6-7H,5,8H2,1-2H3,(H2,19,22). The topological polar surface area (TPSA) is 84.8 Å². The number of hydrazone groups is 1. The van der Waals surface area contributed by atoms with Gasteiger partial charge in [-0.15, -0.1) is 10.2 Å². The Hall–Kier alpha value is -2.62. The lowest BCUT2D eigenvalue weighted by Crippen LogP contribution is -2.54. The van der Waals surface area contributed by atoms with Gasteiger partial charge >= 0.3 is 6.18 Å². The summed E-state index contributed by atoms with van der Waals surface area (Å²) in [5, 5.41) is 13.6. The average Bonchev–Trinajstić information content (AvgIpc) is 2.96. The van der Waals surface area contributed by atoms with E-state index in [0.29, 0.717) is 17.7 Å². The molecule has 2 heterocycles. The third-order valence-electron chi connectivity index (χ3n) is 4.03. The first-order chi connectivity index (χ1) is 11.8.